The second kappa shape index (κ2) is 24.7. The van der Waals surface area contributed by atoms with Gasteiger partial charge in [-0.15, -0.1) is 0 Å². The van der Waals surface area contributed by atoms with Crippen LogP contribution in [0.2, 0.25) is 51.9 Å². The minimum absolute atomic E-state index is 0.000760. The van der Waals surface area contributed by atoms with Gasteiger partial charge in [-0.1, -0.05) is 13.5 Å². The van der Waals surface area contributed by atoms with Gasteiger partial charge in [0.15, 0.2) is 22.7 Å². The summed E-state index contributed by atoms with van der Waals surface area (Å²) in [4.78, 5) is 49.2. The van der Waals surface area contributed by atoms with Crippen molar-refractivity contribution in [3.8, 4) is 0 Å². The molecule has 3 rings (SSSR count). The van der Waals surface area contributed by atoms with E-state index < -0.39 is 55.5 Å². The van der Waals surface area contributed by atoms with E-state index in [9.17, 15) is 19.2 Å². The van der Waals surface area contributed by atoms with Crippen molar-refractivity contribution in [3.05, 3.63) is 12.7 Å². The molecule has 17 heteroatoms. The second-order valence-electron chi connectivity index (χ2n) is 18.9. The van der Waals surface area contributed by atoms with Gasteiger partial charge in [0.1, 0.15) is 19.8 Å². The lowest BCUT2D eigenvalue weighted by Gasteiger charge is -2.38. The van der Waals surface area contributed by atoms with Gasteiger partial charge in [0.25, 0.3) is 0 Å². The molecule has 3 fully saturated rings. The van der Waals surface area contributed by atoms with E-state index in [0.29, 0.717) is 24.4 Å². The first kappa shape index (κ1) is 49.9. The number of hydrogen-bond acceptors (Lipinski definition) is 11. The van der Waals surface area contributed by atoms with Gasteiger partial charge in [0, 0.05) is 30.8 Å². The van der Waals surface area contributed by atoms with Crippen LogP contribution in [0.1, 0.15) is 96.8 Å². The molecule has 3 amide bonds. The highest BCUT2D eigenvalue weighted by Crippen LogP contribution is 2.35. The Balaban J connectivity index is 1.40. The van der Waals surface area contributed by atoms with E-state index in [1.54, 1.807) is 0 Å². The number of carbonyl (C=O) groups is 4. The smallest absolute Gasteiger partial charge is 0.407 e. The molecule has 3 N–H and O–H groups in total. The van der Waals surface area contributed by atoms with E-state index in [0.717, 1.165) is 102 Å². The quantitative estimate of drug-likeness (QED) is 0.0314. The summed E-state index contributed by atoms with van der Waals surface area (Å²) < 4.78 is 40.7. The Kier molecular flexibility index (Phi) is 21.3. The first-order valence-corrected chi connectivity index (χ1v) is 31.2. The third kappa shape index (κ3) is 21.7. The van der Waals surface area contributed by atoms with Gasteiger partial charge >= 0.3 is 32.8 Å². The molecule has 14 nitrogen and oxygen atoms in total. The number of carbonyl (C=O) groups excluding carboxylic acids is 4. The first-order valence-electron chi connectivity index (χ1n) is 21.9. The molecule has 0 aliphatic heterocycles. The summed E-state index contributed by atoms with van der Waals surface area (Å²) in [6, 6.07) is 1.02. The fraction of sp³-hybridized carbons (Fsp3) is 0.854. The molecule has 1 atom stereocenters. The van der Waals surface area contributed by atoms with Crippen molar-refractivity contribution in [2.45, 2.75) is 173 Å². The number of alkyl carbamates (subject to hydrolysis) is 3. The molecule has 334 valence electrons. The van der Waals surface area contributed by atoms with Crippen LogP contribution in [0.4, 0.5) is 14.4 Å². The highest BCUT2D eigenvalue weighted by atomic mass is 28.5. The number of amides is 3. The lowest BCUT2D eigenvalue weighted by molar-refractivity contribution is -0.138. The van der Waals surface area contributed by atoms with Gasteiger partial charge in [-0.2, -0.15) is 0 Å². The van der Waals surface area contributed by atoms with Gasteiger partial charge < -0.3 is 47.9 Å². The Labute approximate surface area is 351 Å². The lowest BCUT2D eigenvalue weighted by atomic mass is 9.76. The summed E-state index contributed by atoms with van der Waals surface area (Å²) in [5.74, 6) is 1.34. The average Bonchev–Trinajstić information content (AvgIpc) is 3.13. The highest BCUT2D eigenvalue weighted by molar-refractivity contribution is 6.87. The van der Waals surface area contributed by atoms with Gasteiger partial charge in [0.2, 0.25) is 0 Å². The molecular formula is C41H77N3O11Si3. The molecule has 58 heavy (non-hydrogen) atoms. The predicted octanol–water partition coefficient (Wildman–Crippen LogP) is 8.53. The normalized spacial score (nSPS) is 24.8. The molecule has 0 radical (unpaired) electrons. The van der Waals surface area contributed by atoms with Crippen LogP contribution in [0, 0.1) is 17.8 Å². The van der Waals surface area contributed by atoms with Crippen molar-refractivity contribution in [1.29, 1.82) is 0 Å². The van der Waals surface area contributed by atoms with Crippen molar-refractivity contribution in [2.75, 3.05) is 33.0 Å². The van der Waals surface area contributed by atoms with Crippen LogP contribution in [0.25, 0.3) is 0 Å². The number of hydrogen-bond donors (Lipinski definition) is 3. The third-order valence-electron chi connectivity index (χ3n) is 11.0. The van der Waals surface area contributed by atoms with Gasteiger partial charge in [0.05, 0.1) is 6.61 Å². The molecule has 3 saturated carbocycles. The summed E-state index contributed by atoms with van der Waals surface area (Å²) in [5.41, 5.74) is 0. The van der Waals surface area contributed by atoms with E-state index in [2.05, 4.69) is 75.3 Å². The Morgan fingerprint density at radius 3 is 1.59 bits per heavy atom. The minimum Gasteiger partial charge on any atom is -0.459 e. The maximum atomic E-state index is 13.2. The number of nitrogens with one attached hydrogen (secondary N) is 3. The number of esters is 1. The Morgan fingerprint density at radius 2 is 1.09 bits per heavy atom. The molecule has 0 heterocycles. The van der Waals surface area contributed by atoms with Crippen LogP contribution in [0.5, 0.6) is 0 Å². The summed E-state index contributed by atoms with van der Waals surface area (Å²) in [5, 5.41) is 9.00. The van der Waals surface area contributed by atoms with E-state index in [4.69, 9.17) is 31.9 Å². The first-order chi connectivity index (χ1) is 27.3. The van der Waals surface area contributed by atoms with Crippen LogP contribution in [0.3, 0.4) is 0 Å². The summed E-state index contributed by atoms with van der Waals surface area (Å²) >= 11 is 0. The molecule has 0 saturated heterocycles. The van der Waals surface area contributed by atoms with Gasteiger partial charge in [-0.05, 0) is 160 Å². The van der Waals surface area contributed by atoms with Crippen LogP contribution in [0.15, 0.2) is 12.7 Å². The minimum atomic E-state index is -2.40. The zero-order chi connectivity index (χ0) is 42.8. The molecular weight excluding hydrogens is 795 g/mol. The second-order valence-corrected chi connectivity index (χ2v) is 31.8. The SMILES string of the molecule is C=CC(=O)OCCOC(=O)NC1CCC(CC2CCC(NC(=O)OC(COCCC[Si](C)(O[Si](C)(C)C)O[Si](C)(C)C)COC(=O)NC3CCC(C)CC3)CC2)CC1. The van der Waals surface area contributed by atoms with Crippen LogP contribution in [-0.4, -0.2) is 107 Å². The van der Waals surface area contributed by atoms with Crippen molar-refractivity contribution < 1.29 is 51.1 Å². The van der Waals surface area contributed by atoms with Crippen LogP contribution in [-0.2, 0) is 36.7 Å². The summed E-state index contributed by atoms with van der Waals surface area (Å²) in [6.07, 6.45) is 12.5. The van der Waals surface area contributed by atoms with Crippen molar-refractivity contribution in [2.24, 2.45) is 17.8 Å². The Morgan fingerprint density at radius 1 is 0.621 bits per heavy atom. The monoisotopic (exact) mass is 871 g/mol. The average molecular weight is 872 g/mol. The molecule has 3 aliphatic rings. The molecule has 0 aromatic carbocycles. The van der Waals surface area contributed by atoms with E-state index >= 15 is 0 Å². The lowest BCUT2D eigenvalue weighted by Crippen LogP contribution is -2.52. The van der Waals surface area contributed by atoms with Crippen molar-refractivity contribution in [1.82, 2.24) is 16.0 Å². The number of ether oxygens (including phenoxy) is 5. The zero-order valence-electron chi connectivity index (χ0n) is 37.0. The zero-order valence-corrected chi connectivity index (χ0v) is 40.0. The summed E-state index contributed by atoms with van der Waals surface area (Å²) in [6.45, 7) is 21.4. The molecule has 0 spiro atoms. The fourth-order valence-electron chi connectivity index (χ4n) is 8.48. The van der Waals surface area contributed by atoms with E-state index in [1.165, 1.54) is 0 Å². The molecule has 0 aromatic heterocycles. The Bertz CT molecular complexity index is 1260. The third-order valence-corrected chi connectivity index (χ3v) is 20.6. The molecule has 0 aromatic rings. The van der Waals surface area contributed by atoms with Crippen LogP contribution < -0.4 is 16.0 Å². The summed E-state index contributed by atoms with van der Waals surface area (Å²) in [7, 11) is -6.03. The fourth-order valence-corrected chi connectivity index (χ4v) is 21.0. The molecule has 1 unspecified atom stereocenters. The van der Waals surface area contributed by atoms with Crippen molar-refractivity contribution in [3.63, 3.8) is 0 Å². The predicted molar refractivity (Wildman–Crippen MR) is 232 cm³/mol. The standard InChI is InChI=1S/C41H77N3O11Si3/c1-10-38(45)50-25-26-51-39(46)42-35-20-14-32(15-21-35)28-33-16-22-36(23-17-33)44-41(48)53-37(30-52-40(47)43-34-18-12-31(2)13-19-34)29-49-24-11-27-58(9,54-56(3,4)5)55-57(6,7)8/h10,31-37H,1,11-30H2,2-9H3,(H,42,46)(H,43,47)(H,44,48). The van der Waals surface area contributed by atoms with Crippen molar-refractivity contribution >= 4 is 49.4 Å². The molecule has 0 bridgehead atoms. The largest absolute Gasteiger partial charge is 0.459 e. The molecule has 3 aliphatic carbocycles. The van der Waals surface area contributed by atoms with Gasteiger partial charge in [-0.25, -0.2) is 19.2 Å². The topological polar surface area (TPSA) is 169 Å². The maximum Gasteiger partial charge on any atom is 0.407 e. The van der Waals surface area contributed by atoms with E-state index in [-0.39, 0.29) is 44.6 Å². The maximum absolute atomic E-state index is 13.2. The van der Waals surface area contributed by atoms with Crippen LogP contribution >= 0.6 is 0 Å². The van der Waals surface area contributed by atoms with E-state index in [1.807, 2.05) is 0 Å². The number of rotatable bonds is 22. The Hall–Kier alpha value is -2.45. The highest BCUT2D eigenvalue weighted by Gasteiger charge is 2.40. The van der Waals surface area contributed by atoms with Gasteiger partial charge in [-0.3, -0.25) is 0 Å².